The van der Waals surface area contributed by atoms with Gasteiger partial charge >= 0.3 is 0 Å². The minimum Gasteiger partial charge on any atom is -0.239 e. The third kappa shape index (κ3) is 1.74. The molecule has 0 amide bonds. The van der Waals surface area contributed by atoms with Crippen molar-refractivity contribution in [2.45, 2.75) is 6.92 Å². The van der Waals surface area contributed by atoms with E-state index in [0.717, 1.165) is 5.69 Å². The van der Waals surface area contributed by atoms with Crippen molar-refractivity contribution in [1.29, 1.82) is 0 Å². The highest BCUT2D eigenvalue weighted by atomic mass is 127. The van der Waals surface area contributed by atoms with Gasteiger partial charge in [0.2, 0.25) is 0 Å². The van der Waals surface area contributed by atoms with Crippen LogP contribution in [0.1, 0.15) is 5.56 Å². The van der Waals surface area contributed by atoms with Crippen LogP contribution < -0.4 is 0 Å². The maximum absolute atomic E-state index is 4.65. The Morgan fingerprint density at radius 3 is 2.53 bits per heavy atom. The molecule has 0 fully saturated rings. The molecule has 0 spiro atoms. The van der Waals surface area contributed by atoms with E-state index in [2.05, 4.69) is 52.8 Å². The van der Waals surface area contributed by atoms with E-state index in [1.807, 2.05) is 35.0 Å². The van der Waals surface area contributed by atoms with E-state index in [9.17, 15) is 0 Å². The molecule has 0 aliphatic carbocycles. The first-order chi connectivity index (χ1) is 8.27. The van der Waals surface area contributed by atoms with Gasteiger partial charge in [0.1, 0.15) is 5.69 Å². The first-order valence-corrected chi connectivity index (χ1v) is 6.54. The van der Waals surface area contributed by atoms with Crippen LogP contribution in [0.3, 0.4) is 0 Å². The van der Waals surface area contributed by atoms with Gasteiger partial charge < -0.3 is 0 Å². The molecule has 84 valence electrons. The molecule has 0 saturated heterocycles. The van der Waals surface area contributed by atoms with Crippen LogP contribution in [-0.4, -0.2) is 9.61 Å². The van der Waals surface area contributed by atoms with Gasteiger partial charge in [-0.25, -0.2) is 4.52 Å². The second kappa shape index (κ2) is 4.14. The normalized spacial score (nSPS) is 10.9. The van der Waals surface area contributed by atoms with Gasteiger partial charge in [-0.3, -0.25) is 0 Å². The number of aryl methyl sites for hydroxylation is 1. The van der Waals surface area contributed by atoms with Crippen LogP contribution in [0, 0.1) is 10.5 Å². The lowest BCUT2D eigenvalue weighted by atomic mass is 10.1. The molecule has 0 unspecified atom stereocenters. The maximum Gasteiger partial charge on any atom is 0.107 e. The van der Waals surface area contributed by atoms with Crippen LogP contribution in [0.4, 0.5) is 0 Å². The molecule has 3 rings (SSSR count). The van der Waals surface area contributed by atoms with E-state index in [4.69, 9.17) is 0 Å². The summed E-state index contributed by atoms with van der Waals surface area (Å²) in [7, 11) is 0. The van der Waals surface area contributed by atoms with Gasteiger partial charge in [0.25, 0.3) is 0 Å². The third-order valence-electron chi connectivity index (χ3n) is 2.85. The molecule has 0 aliphatic heterocycles. The van der Waals surface area contributed by atoms with Gasteiger partial charge in [0.15, 0.2) is 0 Å². The van der Waals surface area contributed by atoms with E-state index in [1.54, 1.807) is 0 Å². The number of aromatic nitrogens is 2. The molecule has 17 heavy (non-hydrogen) atoms. The van der Waals surface area contributed by atoms with E-state index in [-0.39, 0.29) is 0 Å². The molecule has 3 heteroatoms. The molecule has 0 atom stereocenters. The van der Waals surface area contributed by atoms with Crippen LogP contribution in [-0.2, 0) is 0 Å². The summed E-state index contributed by atoms with van der Waals surface area (Å²) < 4.78 is 3.17. The summed E-state index contributed by atoms with van der Waals surface area (Å²) in [5.41, 5.74) is 4.68. The fraction of sp³-hybridized carbons (Fsp3) is 0.0714. The highest BCUT2D eigenvalue weighted by molar-refractivity contribution is 14.1. The molecule has 2 heterocycles. The van der Waals surface area contributed by atoms with E-state index >= 15 is 0 Å². The van der Waals surface area contributed by atoms with Crippen molar-refractivity contribution in [3.8, 4) is 11.3 Å². The molecule has 0 saturated carbocycles. The number of nitrogens with zero attached hydrogens (tertiary/aromatic N) is 2. The summed E-state index contributed by atoms with van der Waals surface area (Å²) in [4.78, 5) is 0. The molecule has 2 aromatic heterocycles. The Morgan fingerprint density at radius 2 is 1.82 bits per heavy atom. The van der Waals surface area contributed by atoms with Crippen LogP contribution in [0.15, 0.2) is 48.7 Å². The minimum atomic E-state index is 1.06. The predicted octanol–water partition coefficient (Wildman–Crippen LogP) is 3.91. The van der Waals surface area contributed by atoms with Crippen molar-refractivity contribution >= 4 is 28.1 Å². The fourth-order valence-corrected chi connectivity index (χ4v) is 3.10. The van der Waals surface area contributed by atoms with Gasteiger partial charge in [-0.1, -0.05) is 36.4 Å². The lowest BCUT2D eigenvalue weighted by Gasteiger charge is -1.97. The molecule has 2 nitrogen and oxygen atoms in total. The standard InChI is InChI=1S/C14H11IN2/c1-10-6-5-9-17-14(10)12(15)13(16-17)11-7-3-2-4-8-11/h2-9H,1H3. The SMILES string of the molecule is Cc1cccn2nc(-c3ccccc3)c(I)c12. The van der Waals surface area contributed by atoms with Gasteiger partial charge in [-0.15, -0.1) is 0 Å². The Labute approximate surface area is 113 Å². The Kier molecular flexibility index (Phi) is 2.63. The monoisotopic (exact) mass is 334 g/mol. The molecular weight excluding hydrogens is 323 g/mol. The zero-order valence-corrected chi connectivity index (χ0v) is 11.5. The number of fused-ring (bicyclic) bond motifs is 1. The Morgan fingerprint density at radius 1 is 1.06 bits per heavy atom. The quantitative estimate of drug-likeness (QED) is 0.617. The highest BCUT2D eigenvalue weighted by Gasteiger charge is 2.12. The summed E-state index contributed by atoms with van der Waals surface area (Å²) in [6.45, 7) is 2.12. The van der Waals surface area contributed by atoms with Crippen molar-refractivity contribution in [3.05, 3.63) is 57.8 Å². The predicted molar refractivity (Wildman–Crippen MR) is 78.1 cm³/mol. The Bertz CT molecular complexity index is 671. The fourth-order valence-electron chi connectivity index (χ4n) is 2.00. The highest BCUT2D eigenvalue weighted by Crippen LogP contribution is 2.28. The summed E-state index contributed by atoms with van der Waals surface area (Å²) in [5.74, 6) is 0. The topological polar surface area (TPSA) is 17.3 Å². The van der Waals surface area contributed by atoms with Crippen molar-refractivity contribution < 1.29 is 0 Å². The number of benzene rings is 1. The molecule has 3 aromatic rings. The first kappa shape index (κ1) is 10.8. The first-order valence-electron chi connectivity index (χ1n) is 5.46. The summed E-state index contributed by atoms with van der Waals surface area (Å²) in [6.07, 6.45) is 2.00. The summed E-state index contributed by atoms with van der Waals surface area (Å²) in [5, 5.41) is 4.65. The van der Waals surface area contributed by atoms with Crippen molar-refractivity contribution in [1.82, 2.24) is 9.61 Å². The van der Waals surface area contributed by atoms with Crippen molar-refractivity contribution in [2.24, 2.45) is 0 Å². The molecule has 0 radical (unpaired) electrons. The third-order valence-corrected chi connectivity index (χ3v) is 3.87. The van der Waals surface area contributed by atoms with Crippen LogP contribution >= 0.6 is 22.6 Å². The zero-order chi connectivity index (χ0) is 11.8. The Hall–Kier alpha value is -1.36. The average molecular weight is 334 g/mol. The van der Waals surface area contributed by atoms with Crippen molar-refractivity contribution in [2.75, 3.05) is 0 Å². The molecule has 0 N–H and O–H groups in total. The van der Waals surface area contributed by atoms with Crippen LogP contribution in [0.25, 0.3) is 16.8 Å². The van der Waals surface area contributed by atoms with Gasteiger partial charge in [-0.2, -0.15) is 5.10 Å². The summed E-state index contributed by atoms with van der Waals surface area (Å²) >= 11 is 2.38. The lowest BCUT2D eigenvalue weighted by Crippen LogP contribution is -1.87. The number of hydrogen-bond donors (Lipinski definition) is 0. The van der Waals surface area contributed by atoms with Gasteiger partial charge in [0.05, 0.1) is 9.09 Å². The summed E-state index contributed by atoms with van der Waals surface area (Å²) in [6, 6.07) is 14.5. The van der Waals surface area contributed by atoms with Gasteiger partial charge in [-0.05, 0) is 41.1 Å². The van der Waals surface area contributed by atoms with Crippen molar-refractivity contribution in [3.63, 3.8) is 0 Å². The number of rotatable bonds is 1. The van der Waals surface area contributed by atoms with E-state index in [0.29, 0.717) is 0 Å². The van der Waals surface area contributed by atoms with Gasteiger partial charge in [0, 0.05) is 11.8 Å². The number of hydrogen-bond acceptors (Lipinski definition) is 1. The number of halogens is 1. The van der Waals surface area contributed by atoms with Crippen LogP contribution in [0.5, 0.6) is 0 Å². The zero-order valence-electron chi connectivity index (χ0n) is 9.39. The second-order valence-corrected chi connectivity index (χ2v) is 5.09. The van der Waals surface area contributed by atoms with Crippen LogP contribution in [0.2, 0.25) is 0 Å². The maximum atomic E-state index is 4.65. The Balaban J connectivity index is 2.33. The molecule has 0 aliphatic rings. The average Bonchev–Trinajstić information content (AvgIpc) is 2.69. The minimum absolute atomic E-state index is 1.06. The second-order valence-electron chi connectivity index (χ2n) is 4.01. The number of pyridine rings is 1. The molecule has 1 aromatic carbocycles. The molecule has 0 bridgehead atoms. The van der Waals surface area contributed by atoms with E-state index in [1.165, 1.54) is 20.2 Å². The lowest BCUT2D eigenvalue weighted by molar-refractivity contribution is 0.960. The molecular formula is C14H11IN2. The smallest absolute Gasteiger partial charge is 0.107 e. The largest absolute Gasteiger partial charge is 0.239 e. The van der Waals surface area contributed by atoms with E-state index < -0.39 is 0 Å².